The molecular weight excluding hydrogens is 272 g/mol. The van der Waals surface area contributed by atoms with Gasteiger partial charge in [-0.25, -0.2) is 4.79 Å². The molecule has 3 N–H and O–H groups in total. The zero-order valence-corrected chi connectivity index (χ0v) is 12.4. The molecule has 0 radical (unpaired) electrons. The molecule has 7 nitrogen and oxygen atoms in total. The molecule has 0 spiro atoms. The molecule has 0 fully saturated rings. The number of amides is 2. The zero-order valence-electron chi connectivity index (χ0n) is 12.4. The number of hydrogen-bond donors (Lipinski definition) is 2. The van der Waals surface area contributed by atoms with Crippen LogP contribution < -0.4 is 11.1 Å². The lowest BCUT2D eigenvalue weighted by atomic mass is 10.2. The molecule has 0 saturated heterocycles. The van der Waals surface area contributed by atoms with Gasteiger partial charge in [0.1, 0.15) is 6.54 Å². The predicted molar refractivity (Wildman–Crippen MR) is 81.1 cm³/mol. The Kier molecular flexibility index (Phi) is 6.19. The van der Waals surface area contributed by atoms with Gasteiger partial charge in [-0.05, 0) is 31.5 Å². The van der Waals surface area contributed by atoms with Gasteiger partial charge in [-0.1, -0.05) is 12.1 Å². The van der Waals surface area contributed by atoms with Crippen LogP contribution in [-0.2, 0) is 9.53 Å². The van der Waals surface area contributed by atoms with Crippen molar-refractivity contribution in [1.82, 2.24) is 4.90 Å². The number of hydrogen-bond acceptors (Lipinski definition) is 3. The summed E-state index contributed by atoms with van der Waals surface area (Å²) in [4.78, 5) is 28.0. The highest BCUT2D eigenvalue weighted by atomic mass is 16.5. The fourth-order valence-electron chi connectivity index (χ4n) is 1.54. The van der Waals surface area contributed by atoms with E-state index in [0.29, 0.717) is 5.69 Å². The van der Waals surface area contributed by atoms with E-state index in [4.69, 9.17) is 10.5 Å². The molecule has 0 aliphatic carbocycles. The summed E-state index contributed by atoms with van der Waals surface area (Å²) in [5.74, 6) is -0.495. The van der Waals surface area contributed by atoms with Gasteiger partial charge in [-0.15, -0.1) is 0 Å². The molecule has 0 saturated carbocycles. The van der Waals surface area contributed by atoms with Crippen LogP contribution in [0.3, 0.4) is 0 Å². The molecule has 7 heteroatoms. The molecule has 1 aromatic carbocycles. The van der Waals surface area contributed by atoms with Crippen LogP contribution in [0.25, 0.3) is 0 Å². The number of carbonyl (C=O) groups excluding carboxylic acids is 2. The van der Waals surface area contributed by atoms with Gasteiger partial charge >= 0.3 is 12.0 Å². The molecule has 0 aliphatic rings. The number of esters is 1. The van der Waals surface area contributed by atoms with Crippen LogP contribution >= 0.6 is 0 Å². The summed E-state index contributed by atoms with van der Waals surface area (Å²) in [6, 6.07) is 6.70. The van der Waals surface area contributed by atoms with Gasteiger partial charge in [-0.3, -0.25) is 4.79 Å². The molecule has 21 heavy (non-hydrogen) atoms. The first-order valence-corrected chi connectivity index (χ1v) is 6.51. The molecule has 0 aromatic heterocycles. The fourth-order valence-corrected chi connectivity index (χ4v) is 1.54. The minimum absolute atomic E-state index is 0.0618. The summed E-state index contributed by atoms with van der Waals surface area (Å²) >= 11 is 0. The number of rotatable bonds is 4. The van der Waals surface area contributed by atoms with E-state index in [2.05, 4.69) is 10.3 Å². The first kappa shape index (κ1) is 16.5. The van der Waals surface area contributed by atoms with Gasteiger partial charge in [0, 0.05) is 12.7 Å². The van der Waals surface area contributed by atoms with Crippen LogP contribution in [0.2, 0.25) is 0 Å². The second-order valence-corrected chi connectivity index (χ2v) is 4.43. The minimum atomic E-state index is -0.603. The first-order valence-electron chi connectivity index (χ1n) is 6.51. The molecule has 1 aromatic rings. The largest absolute Gasteiger partial charge is 0.465 e. The predicted octanol–water partition coefficient (Wildman–Crippen LogP) is 1.34. The Labute approximate surface area is 123 Å². The van der Waals surface area contributed by atoms with E-state index in [0.717, 1.165) is 5.56 Å². The van der Waals surface area contributed by atoms with Crippen LogP contribution in [-0.4, -0.2) is 43.1 Å². The Balaban J connectivity index is 2.60. The van der Waals surface area contributed by atoms with Gasteiger partial charge in [0.2, 0.25) is 5.96 Å². The van der Waals surface area contributed by atoms with Crippen molar-refractivity contribution in [3.63, 3.8) is 0 Å². The number of nitrogens with one attached hydrogen (secondary N) is 1. The average Bonchev–Trinajstić information content (AvgIpc) is 2.38. The summed E-state index contributed by atoms with van der Waals surface area (Å²) in [6.07, 6.45) is 0. The monoisotopic (exact) mass is 292 g/mol. The van der Waals surface area contributed by atoms with Crippen molar-refractivity contribution < 1.29 is 14.3 Å². The SMILES string of the molecule is CCOC(=O)CN(C)C(N)=NC(=O)Nc1cccc(C)c1. The summed E-state index contributed by atoms with van der Waals surface area (Å²) in [5, 5.41) is 2.60. The highest BCUT2D eigenvalue weighted by molar-refractivity contribution is 5.99. The van der Waals surface area contributed by atoms with Crippen molar-refractivity contribution >= 4 is 23.6 Å². The smallest absolute Gasteiger partial charge is 0.348 e. The second-order valence-electron chi connectivity index (χ2n) is 4.43. The number of aliphatic imine (C=N–C) groups is 1. The Morgan fingerprint density at radius 2 is 2.14 bits per heavy atom. The average molecular weight is 292 g/mol. The van der Waals surface area contributed by atoms with Crippen molar-refractivity contribution in [2.45, 2.75) is 13.8 Å². The van der Waals surface area contributed by atoms with Gasteiger partial charge in [0.15, 0.2) is 0 Å². The molecule has 0 heterocycles. The summed E-state index contributed by atoms with van der Waals surface area (Å²) in [5.41, 5.74) is 7.30. The van der Waals surface area contributed by atoms with Crippen molar-refractivity contribution in [2.24, 2.45) is 10.7 Å². The van der Waals surface area contributed by atoms with E-state index in [-0.39, 0.29) is 19.1 Å². The summed E-state index contributed by atoms with van der Waals surface area (Å²) in [7, 11) is 1.55. The second kappa shape index (κ2) is 7.88. The molecule has 0 atom stereocenters. The Hall–Kier alpha value is -2.57. The third kappa shape index (κ3) is 5.94. The van der Waals surface area contributed by atoms with E-state index in [1.807, 2.05) is 25.1 Å². The number of aryl methyl sites for hydroxylation is 1. The van der Waals surface area contributed by atoms with Gasteiger partial charge in [-0.2, -0.15) is 4.99 Å². The standard InChI is InChI=1S/C14H20N4O3/c1-4-21-12(19)9-18(3)13(15)17-14(20)16-11-7-5-6-10(2)8-11/h5-8H,4,9H2,1-3H3,(H3,15,16,17,20). The fraction of sp³-hybridized carbons (Fsp3) is 0.357. The lowest BCUT2D eigenvalue weighted by molar-refractivity contribution is -0.143. The summed E-state index contributed by atoms with van der Waals surface area (Å²) in [6.45, 7) is 3.85. The molecule has 2 amide bonds. The Bertz CT molecular complexity index is 543. The number of nitrogens with zero attached hydrogens (tertiary/aromatic N) is 2. The van der Waals surface area contributed by atoms with Crippen LogP contribution in [0, 0.1) is 6.92 Å². The lowest BCUT2D eigenvalue weighted by Gasteiger charge is -2.16. The maximum atomic E-state index is 11.7. The first-order chi connectivity index (χ1) is 9.92. The normalized spacial score (nSPS) is 10.9. The quantitative estimate of drug-likeness (QED) is 0.496. The molecule has 114 valence electrons. The van der Waals surface area contributed by atoms with E-state index in [1.54, 1.807) is 20.0 Å². The third-order valence-corrected chi connectivity index (χ3v) is 2.55. The van der Waals surface area contributed by atoms with Crippen molar-refractivity contribution in [1.29, 1.82) is 0 Å². The van der Waals surface area contributed by atoms with Crippen LogP contribution in [0.5, 0.6) is 0 Å². The minimum Gasteiger partial charge on any atom is -0.465 e. The van der Waals surface area contributed by atoms with Crippen LogP contribution in [0.4, 0.5) is 10.5 Å². The van der Waals surface area contributed by atoms with E-state index in [9.17, 15) is 9.59 Å². The molecule has 1 rings (SSSR count). The van der Waals surface area contributed by atoms with Gasteiger partial charge in [0.05, 0.1) is 6.61 Å². The van der Waals surface area contributed by atoms with E-state index in [1.165, 1.54) is 4.90 Å². The molecule has 0 bridgehead atoms. The van der Waals surface area contributed by atoms with Gasteiger partial charge in [0.25, 0.3) is 0 Å². The number of guanidine groups is 1. The maximum absolute atomic E-state index is 11.7. The number of ether oxygens (including phenoxy) is 1. The number of carbonyl (C=O) groups is 2. The lowest BCUT2D eigenvalue weighted by Crippen LogP contribution is -2.39. The number of anilines is 1. The van der Waals surface area contributed by atoms with E-state index < -0.39 is 12.0 Å². The van der Waals surface area contributed by atoms with Crippen molar-refractivity contribution in [2.75, 3.05) is 25.5 Å². The van der Waals surface area contributed by atoms with Crippen LogP contribution in [0.15, 0.2) is 29.3 Å². The highest BCUT2D eigenvalue weighted by Gasteiger charge is 2.10. The van der Waals surface area contributed by atoms with E-state index >= 15 is 0 Å². The maximum Gasteiger partial charge on any atom is 0.348 e. The molecule has 0 unspecified atom stereocenters. The number of benzene rings is 1. The molecular formula is C14H20N4O3. The van der Waals surface area contributed by atoms with Crippen molar-refractivity contribution in [3.05, 3.63) is 29.8 Å². The highest BCUT2D eigenvalue weighted by Crippen LogP contribution is 2.09. The number of urea groups is 1. The summed E-state index contributed by atoms with van der Waals surface area (Å²) < 4.78 is 4.78. The number of likely N-dealkylation sites (N-methyl/N-ethyl adjacent to an activating group) is 1. The Morgan fingerprint density at radius 1 is 1.43 bits per heavy atom. The van der Waals surface area contributed by atoms with Crippen LogP contribution in [0.1, 0.15) is 12.5 Å². The Morgan fingerprint density at radius 3 is 2.76 bits per heavy atom. The topological polar surface area (TPSA) is 97.0 Å². The third-order valence-electron chi connectivity index (χ3n) is 2.55. The van der Waals surface area contributed by atoms with Crippen molar-refractivity contribution in [3.8, 4) is 0 Å². The molecule has 0 aliphatic heterocycles. The number of nitrogens with two attached hydrogens (primary N) is 1. The van der Waals surface area contributed by atoms with Gasteiger partial charge < -0.3 is 20.7 Å². The zero-order chi connectivity index (χ0) is 15.8.